The minimum absolute atomic E-state index is 0.291. The van der Waals surface area contributed by atoms with E-state index < -0.39 is 9.84 Å². The molecular weight excluding hydrogens is 210 g/mol. The molecule has 1 heterocycles. The van der Waals surface area contributed by atoms with E-state index in [2.05, 4.69) is 5.32 Å². The van der Waals surface area contributed by atoms with E-state index in [-0.39, 0.29) is 0 Å². The molecular formula is C11H23NO2S. The molecule has 1 aliphatic rings. The van der Waals surface area contributed by atoms with Gasteiger partial charge in [-0.3, -0.25) is 0 Å². The monoisotopic (exact) mass is 233 g/mol. The van der Waals surface area contributed by atoms with Gasteiger partial charge in [0.15, 0.2) is 0 Å². The number of hydrogen-bond acceptors (Lipinski definition) is 3. The van der Waals surface area contributed by atoms with Gasteiger partial charge in [-0.1, -0.05) is 6.92 Å². The van der Waals surface area contributed by atoms with Crippen LogP contribution in [0.15, 0.2) is 0 Å². The summed E-state index contributed by atoms with van der Waals surface area (Å²) in [6, 6.07) is 0. The fraction of sp³-hybridized carbons (Fsp3) is 1.00. The van der Waals surface area contributed by atoms with Crippen LogP contribution in [0.3, 0.4) is 0 Å². The van der Waals surface area contributed by atoms with Crippen LogP contribution in [0.25, 0.3) is 0 Å². The highest BCUT2D eigenvalue weighted by molar-refractivity contribution is 7.91. The fourth-order valence-electron chi connectivity index (χ4n) is 2.12. The summed E-state index contributed by atoms with van der Waals surface area (Å²) in [6.07, 6.45) is 5.65. The van der Waals surface area contributed by atoms with Crippen LogP contribution in [0.4, 0.5) is 0 Å². The molecule has 90 valence electrons. The van der Waals surface area contributed by atoms with Gasteiger partial charge in [-0.15, -0.1) is 0 Å². The molecule has 15 heavy (non-hydrogen) atoms. The molecule has 0 radical (unpaired) electrons. The zero-order valence-corrected chi connectivity index (χ0v) is 10.5. The fourth-order valence-corrected chi connectivity index (χ4v) is 3.01. The summed E-state index contributed by atoms with van der Waals surface area (Å²) in [5.41, 5.74) is 0. The van der Waals surface area contributed by atoms with E-state index in [4.69, 9.17) is 0 Å². The minimum atomic E-state index is -2.75. The Hall–Kier alpha value is -0.0900. The quantitative estimate of drug-likeness (QED) is 0.784. The second kappa shape index (κ2) is 6.48. The Balaban J connectivity index is 2.18. The largest absolute Gasteiger partial charge is 0.317 e. The third kappa shape index (κ3) is 5.52. The molecule has 0 aromatic heterocycles. The molecule has 0 aliphatic carbocycles. The highest BCUT2D eigenvalue weighted by atomic mass is 32.2. The molecule has 0 aromatic carbocycles. The van der Waals surface area contributed by atoms with Crippen LogP contribution in [0.2, 0.25) is 0 Å². The summed E-state index contributed by atoms with van der Waals surface area (Å²) >= 11 is 0. The van der Waals surface area contributed by atoms with Crippen molar-refractivity contribution in [3.05, 3.63) is 0 Å². The molecule has 1 N–H and O–H groups in total. The lowest BCUT2D eigenvalue weighted by atomic mass is 9.96. The van der Waals surface area contributed by atoms with Gasteiger partial charge in [0.1, 0.15) is 9.84 Å². The summed E-state index contributed by atoms with van der Waals surface area (Å²) in [5, 5.41) is 3.38. The van der Waals surface area contributed by atoms with Crippen molar-refractivity contribution in [2.45, 2.75) is 39.0 Å². The predicted molar refractivity (Wildman–Crippen MR) is 63.8 cm³/mol. The van der Waals surface area contributed by atoms with Crippen LogP contribution in [0.1, 0.15) is 39.0 Å². The van der Waals surface area contributed by atoms with E-state index in [0.717, 1.165) is 31.8 Å². The van der Waals surface area contributed by atoms with E-state index in [1.165, 1.54) is 19.3 Å². The van der Waals surface area contributed by atoms with Crippen LogP contribution in [0, 0.1) is 5.92 Å². The van der Waals surface area contributed by atoms with E-state index in [9.17, 15) is 8.42 Å². The van der Waals surface area contributed by atoms with E-state index in [1.807, 2.05) is 0 Å². The summed E-state index contributed by atoms with van der Waals surface area (Å²) in [6.45, 7) is 3.96. The average molecular weight is 233 g/mol. The normalized spacial score (nSPS) is 23.7. The number of sulfone groups is 1. The highest BCUT2D eigenvalue weighted by Crippen LogP contribution is 2.19. The molecule has 0 amide bonds. The first-order chi connectivity index (χ1) is 7.14. The van der Waals surface area contributed by atoms with E-state index >= 15 is 0 Å². The van der Waals surface area contributed by atoms with Crippen molar-refractivity contribution in [2.24, 2.45) is 5.92 Å². The number of nitrogens with one attached hydrogen (secondary N) is 1. The first kappa shape index (κ1) is 13.0. The zero-order valence-electron chi connectivity index (χ0n) is 9.67. The Kier molecular flexibility index (Phi) is 5.61. The van der Waals surface area contributed by atoms with Crippen LogP contribution in [-0.4, -0.2) is 33.0 Å². The molecule has 0 saturated carbocycles. The van der Waals surface area contributed by atoms with Gasteiger partial charge in [-0.2, -0.15) is 0 Å². The minimum Gasteiger partial charge on any atom is -0.317 e. The van der Waals surface area contributed by atoms with Gasteiger partial charge in [0.25, 0.3) is 0 Å². The molecule has 1 fully saturated rings. The van der Waals surface area contributed by atoms with Crippen LogP contribution in [0.5, 0.6) is 0 Å². The smallest absolute Gasteiger partial charge is 0.150 e. The van der Waals surface area contributed by atoms with E-state index in [0.29, 0.717) is 11.5 Å². The Morgan fingerprint density at radius 2 is 2.07 bits per heavy atom. The highest BCUT2D eigenvalue weighted by Gasteiger charge is 2.13. The molecule has 1 aliphatic heterocycles. The molecule has 1 unspecified atom stereocenters. The van der Waals surface area contributed by atoms with E-state index in [1.54, 1.807) is 6.92 Å². The van der Waals surface area contributed by atoms with Crippen LogP contribution >= 0.6 is 0 Å². The van der Waals surface area contributed by atoms with Gasteiger partial charge in [-0.05, 0) is 51.1 Å². The first-order valence-electron chi connectivity index (χ1n) is 6.05. The van der Waals surface area contributed by atoms with Crippen LogP contribution in [-0.2, 0) is 9.84 Å². The number of hydrogen-bond donors (Lipinski definition) is 1. The maximum Gasteiger partial charge on any atom is 0.150 e. The molecule has 0 spiro atoms. The van der Waals surface area contributed by atoms with Gasteiger partial charge < -0.3 is 5.32 Å². The third-order valence-corrected chi connectivity index (χ3v) is 4.99. The molecule has 1 rings (SSSR count). The maximum absolute atomic E-state index is 11.3. The van der Waals surface area contributed by atoms with Crippen molar-refractivity contribution in [1.82, 2.24) is 5.32 Å². The van der Waals surface area contributed by atoms with Crippen molar-refractivity contribution >= 4 is 9.84 Å². The molecule has 0 aromatic rings. The third-order valence-electron chi connectivity index (χ3n) is 3.20. The van der Waals surface area contributed by atoms with Gasteiger partial charge in [0.2, 0.25) is 0 Å². The summed E-state index contributed by atoms with van der Waals surface area (Å²) in [7, 11) is -2.75. The van der Waals surface area contributed by atoms with Crippen LogP contribution < -0.4 is 5.32 Å². The second-order valence-corrected chi connectivity index (χ2v) is 6.90. The topological polar surface area (TPSA) is 46.2 Å². The SMILES string of the molecule is CCS(=O)(=O)CCCC1CCCNCC1. The van der Waals surface area contributed by atoms with Crippen molar-refractivity contribution in [3.63, 3.8) is 0 Å². The molecule has 1 saturated heterocycles. The van der Waals surface area contributed by atoms with Gasteiger partial charge in [0.05, 0.1) is 5.75 Å². The Morgan fingerprint density at radius 1 is 1.27 bits per heavy atom. The Morgan fingerprint density at radius 3 is 2.80 bits per heavy atom. The summed E-state index contributed by atoms with van der Waals surface area (Å²) in [5.74, 6) is 1.42. The molecule has 0 bridgehead atoms. The standard InChI is InChI=1S/C11H23NO2S/c1-2-15(13,14)10-4-6-11-5-3-8-12-9-7-11/h11-12H,2-10H2,1H3. The number of rotatable bonds is 5. The van der Waals surface area contributed by atoms with Crippen molar-refractivity contribution in [2.75, 3.05) is 24.6 Å². The predicted octanol–water partition coefficient (Wildman–Crippen LogP) is 1.59. The van der Waals surface area contributed by atoms with Crippen molar-refractivity contribution in [3.8, 4) is 0 Å². The molecule has 3 nitrogen and oxygen atoms in total. The van der Waals surface area contributed by atoms with Gasteiger partial charge in [-0.25, -0.2) is 8.42 Å². The lowest BCUT2D eigenvalue weighted by Crippen LogP contribution is -2.14. The van der Waals surface area contributed by atoms with Gasteiger partial charge in [0, 0.05) is 5.75 Å². The first-order valence-corrected chi connectivity index (χ1v) is 7.87. The van der Waals surface area contributed by atoms with Gasteiger partial charge >= 0.3 is 0 Å². The lowest BCUT2D eigenvalue weighted by Gasteiger charge is -2.12. The summed E-state index contributed by atoms with van der Waals surface area (Å²) < 4.78 is 22.6. The molecule has 4 heteroatoms. The zero-order chi connectivity index (χ0) is 11.1. The molecule has 1 atom stereocenters. The maximum atomic E-state index is 11.3. The Labute approximate surface area is 93.6 Å². The average Bonchev–Trinajstić information content (AvgIpc) is 2.46. The summed E-state index contributed by atoms with van der Waals surface area (Å²) in [4.78, 5) is 0. The van der Waals surface area contributed by atoms with Crippen molar-refractivity contribution < 1.29 is 8.42 Å². The Bertz CT molecular complexity index is 254. The lowest BCUT2D eigenvalue weighted by molar-refractivity contribution is 0.433. The second-order valence-electron chi connectivity index (χ2n) is 4.43. The van der Waals surface area contributed by atoms with Crippen molar-refractivity contribution in [1.29, 1.82) is 0 Å².